The summed E-state index contributed by atoms with van der Waals surface area (Å²) >= 11 is 6.23. The summed E-state index contributed by atoms with van der Waals surface area (Å²) in [7, 11) is 1.60. The highest BCUT2D eigenvalue weighted by Crippen LogP contribution is 2.34. The molecule has 0 radical (unpaired) electrons. The van der Waals surface area contributed by atoms with Gasteiger partial charge in [0.05, 0.1) is 23.4 Å². The van der Waals surface area contributed by atoms with Gasteiger partial charge in [0.15, 0.2) is 5.82 Å². The van der Waals surface area contributed by atoms with Crippen molar-refractivity contribution in [1.29, 1.82) is 0 Å². The van der Waals surface area contributed by atoms with Gasteiger partial charge in [-0.15, -0.1) is 5.10 Å². The smallest absolute Gasteiger partial charge is 0.156 e. The fourth-order valence-corrected chi connectivity index (χ4v) is 4.39. The van der Waals surface area contributed by atoms with Crippen LogP contribution in [0.4, 0.5) is 5.82 Å². The topological polar surface area (TPSA) is 67.3 Å². The predicted molar refractivity (Wildman–Crippen MR) is 117 cm³/mol. The molecule has 3 aromatic rings. The van der Waals surface area contributed by atoms with Gasteiger partial charge in [0.25, 0.3) is 0 Å². The lowest BCUT2D eigenvalue weighted by atomic mass is 9.94. The highest BCUT2D eigenvalue weighted by atomic mass is 35.5. The minimum absolute atomic E-state index is 0.534. The van der Waals surface area contributed by atoms with Crippen LogP contribution in [0.3, 0.4) is 0 Å². The van der Waals surface area contributed by atoms with E-state index in [2.05, 4.69) is 27.6 Å². The third kappa shape index (κ3) is 4.46. The molecule has 0 bridgehead atoms. The summed E-state index contributed by atoms with van der Waals surface area (Å²) in [6.07, 6.45) is 5.48. The molecule has 0 atom stereocenters. The van der Waals surface area contributed by atoms with E-state index in [1.54, 1.807) is 7.11 Å². The van der Waals surface area contributed by atoms with Gasteiger partial charge in [-0.3, -0.25) is 0 Å². The monoisotopic (exact) mass is 411 g/mol. The number of hydrogen-bond donors (Lipinski definition) is 2. The predicted octanol–water partition coefficient (Wildman–Crippen LogP) is 5.14. The molecule has 29 heavy (non-hydrogen) atoms. The first-order chi connectivity index (χ1) is 14.1. The van der Waals surface area contributed by atoms with Crippen LogP contribution in [0, 0.1) is 0 Å². The van der Waals surface area contributed by atoms with Crippen LogP contribution in [0.15, 0.2) is 42.5 Å². The maximum Gasteiger partial charge on any atom is 0.156 e. The number of aliphatic hydroxyl groups is 1. The van der Waals surface area contributed by atoms with E-state index in [1.165, 1.54) is 0 Å². The molecule has 0 aliphatic heterocycles. The van der Waals surface area contributed by atoms with E-state index >= 15 is 0 Å². The van der Waals surface area contributed by atoms with Crippen molar-refractivity contribution in [3.05, 3.63) is 58.7 Å². The molecule has 6 heteroatoms. The second-order valence-corrected chi connectivity index (χ2v) is 8.20. The molecule has 1 aliphatic carbocycles. The van der Waals surface area contributed by atoms with Crippen molar-refractivity contribution in [1.82, 2.24) is 10.2 Å². The number of nitrogens with one attached hydrogen (secondary N) is 1. The van der Waals surface area contributed by atoms with Crippen molar-refractivity contribution in [2.75, 3.05) is 12.4 Å². The lowest BCUT2D eigenvalue weighted by Gasteiger charge is -2.21. The Morgan fingerprint density at radius 1 is 1.10 bits per heavy atom. The number of aromatic nitrogens is 2. The second kappa shape index (κ2) is 8.56. The standard InChI is InChI=1S/C23H26ClN3O2/c1-29-21-9-8-16(14-19(21)24)15-25-22-18-7-3-2-6-17(18)20(26-27-22)10-13-23(28)11-4-5-12-23/h2-3,6-9,14,28H,4-5,10-13,15H2,1H3,(H,25,27). The van der Waals surface area contributed by atoms with Gasteiger partial charge in [-0.1, -0.05) is 54.8 Å². The van der Waals surface area contributed by atoms with E-state index in [4.69, 9.17) is 16.3 Å². The summed E-state index contributed by atoms with van der Waals surface area (Å²) in [6.45, 7) is 0.585. The number of anilines is 1. The lowest BCUT2D eigenvalue weighted by molar-refractivity contribution is 0.0389. The Balaban J connectivity index is 1.52. The Bertz CT molecular complexity index is 1000. The van der Waals surface area contributed by atoms with Gasteiger partial charge < -0.3 is 15.2 Å². The van der Waals surface area contributed by atoms with Crippen LogP contribution in [0.1, 0.15) is 43.4 Å². The summed E-state index contributed by atoms with van der Waals surface area (Å²) in [6, 6.07) is 13.9. The van der Waals surface area contributed by atoms with Crippen LogP contribution in [-0.2, 0) is 13.0 Å². The maximum absolute atomic E-state index is 10.7. The number of fused-ring (bicyclic) bond motifs is 1. The van der Waals surface area contributed by atoms with Crippen molar-refractivity contribution in [3.63, 3.8) is 0 Å². The average Bonchev–Trinajstić information content (AvgIpc) is 3.18. The number of nitrogens with zero attached hydrogens (tertiary/aromatic N) is 2. The lowest BCUT2D eigenvalue weighted by Crippen LogP contribution is -2.24. The Kier molecular flexibility index (Phi) is 5.88. The zero-order valence-electron chi connectivity index (χ0n) is 16.6. The van der Waals surface area contributed by atoms with Crippen molar-refractivity contribution >= 4 is 28.2 Å². The molecule has 4 rings (SSSR count). The van der Waals surface area contributed by atoms with Crippen LogP contribution in [0.2, 0.25) is 5.02 Å². The molecule has 5 nitrogen and oxygen atoms in total. The van der Waals surface area contributed by atoms with E-state index in [0.717, 1.165) is 66.4 Å². The Hall–Kier alpha value is -2.37. The molecular weight excluding hydrogens is 386 g/mol. The molecular formula is C23H26ClN3O2. The molecule has 2 aromatic carbocycles. The molecule has 0 unspecified atom stereocenters. The van der Waals surface area contributed by atoms with E-state index in [-0.39, 0.29) is 0 Å². The number of halogens is 1. The molecule has 2 N–H and O–H groups in total. The summed E-state index contributed by atoms with van der Waals surface area (Å²) in [5, 5.41) is 25.7. The molecule has 152 valence electrons. The number of benzene rings is 2. The third-order valence-electron chi connectivity index (χ3n) is 5.80. The van der Waals surface area contributed by atoms with Gasteiger partial charge in [-0.05, 0) is 43.4 Å². The van der Waals surface area contributed by atoms with Gasteiger partial charge in [0.1, 0.15) is 5.75 Å². The summed E-state index contributed by atoms with van der Waals surface area (Å²) in [5.74, 6) is 1.41. The molecule has 0 spiro atoms. The van der Waals surface area contributed by atoms with Crippen LogP contribution >= 0.6 is 11.6 Å². The highest BCUT2D eigenvalue weighted by Gasteiger charge is 2.30. The first-order valence-corrected chi connectivity index (χ1v) is 10.5. The molecule has 0 saturated heterocycles. The van der Waals surface area contributed by atoms with E-state index < -0.39 is 5.60 Å². The minimum atomic E-state index is -0.534. The zero-order valence-corrected chi connectivity index (χ0v) is 17.4. The van der Waals surface area contributed by atoms with Crippen molar-refractivity contribution in [3.8, 4) is 5.75 Å². The summed E-state index contributed by atoms with van der Waals surface area (Å²) in [5.41, 5.74) is 1.45. The number of rotatable bonds is 7. The van der Waals surface area contributed by atoms with Crippen molar-refractivity contribution in [2.24, 2.45) is 0 Å². The third-order valence-corrected chi connectivity index (χ3v) is 6.10. The van der Waals surface area contributed by atoms with Gasteiger partial charge in [-0.2, -0.15) is 5.10 Å². The second-order valence-electron chi connectivity index (χ2n) is 7.79. The van der Waals surface area contributed by atoms with E-state index in [9.17, 15) is 5.11 Å². The minimum Gasteiger partial charge on any atom is -0.495 e. The Morgan fingerprint density at radius 2 is 1.86 bits per heavy atom. The van der Waals surface area contributed by atoms with Crippen molar-refractivity contribution < 1.29 is 9.84 Å². The first-order valence-electron chi connectivity index (χ1n) is 10.1. The largest absolute Gasteiger partial charge is 0.495 e. The van der Waals surface area contributed by atoms with Crippen LogP contribution in [0.5, 0.6) is 5.75 Å². The number of ether oxygens (including phenoxy) is 1. The highest BCUT2D eigenvalue weighted by molar-refractivity contribution is 6.32. The summed E-state index contributed by atoms with van der Waals surface area (Å²) < 4.78 is 5.21. The fraction of sp³-hybridized carbons (Fsp3) is 0.391. The first kappa shape index (κ1) is 19.9. The number of hydrogen-bond acceptors (Lipinski definition) is 5. The molecule has 1 saturated carbocycles. The molecule has 1 heterocycles. The zero-order chi connectivity index (χ0) is 20.3. The normalized spacial score (nSPS) is 15.6. The number of aryl methyl sites for hydroxylation is 1. The molecule has 1 aliphatic rings. The SMILES string of the molecule is COc1ccc(CNc2nnc(CCC3(O)CCCC3)c3ccccc23)cc1Cl. The molecule has 0 amide bonds. The quantitative estimate of drug-likeness (QED) is 0.563. The van der Waals surface area contributed by atoms with Crippen LogP contribution in [-0.4, -0.2) is 28.0 Å². The van der Waals surface area contributed by atoms with E-state index in [1.807, 2.05) is 30.3 Å². The van der Waals surface area contributed by atoms with E-state index in [0.29, 0.717) is 17.3 Å². The van der Waals surface area contributed by atoms with Gasteiger partial charge in [0, 0.05) is 17.3 Å². The fourth-order valence-electron chi connectivity index (χ4n) is 4.11. The summed E-state index contributed by atoms with van der Waals surface area (Å²) in [4.78, 5) is 0. The maximum atomic E-state index is 10.7. The van der Waals surface area contributed by atoms with Gasteiger partial charge >= 0.3 is 0 Å². The Labute approximate surface area is 176 Å². The number of methoxy groups -OCH3 is 1. The molecule has 1 fully saturated rings. The van der Waals surface area contributed by atoms with Crippen LogP contribution in [0.25, 0.3) is 10.8 Å². The molecule has 1 aromatic heterocycles. The average molecular weight is 412 g/mol. The Morgan fingerprint density at radius 3 is 2.59 bits per heavy atom. The van der Waals surface area contributed by atoms with Gasteiger partial charge in [0.2, 0.25) is 0 Å². The van der Waals surface area contributed by atoms with Crippen molar-refractivity contribution in [2.45, 2.75) is 50.7 Å². The van der Waals surface area contributed by atoms with Gasteiger partial charge in [-0.25, -0.2) is 0 Å². The van der Waals surface area contributed by atoms with Crippen LogP contribution < -0.4 is 10.1 Å².